The Labute approximate surface area is 178 Å². The fourth-order valence-electron chi connectivity index (χ4n) is 3.23. The molecule has 2 nitrogen and oxygen atoms in total. The lowest BCUT2D eigenvalue weighted by Gasteiger charge is -2.06. The molecule has 1 aromatic rings. The predicted octanol–water partition coefficient (Wildman–Crippen LogP) is 8.09. The molecule has 0 amide bonds. The molecule has 0 spiro atoms. The Balaban J connectivity index is 2.37. The van der Waals surface area contributed by atoms with Crippen LogP contribution < -0.4 is 0 Å². The van der Waals surface area contributed by atoms with Crippen molar-refractivity contribution in [2.45, 2.75) is 86.5 Å². The van der Waals surface area contributed by atoms with Crippen molar-refractivity contribution in [2.75, 3.05) is 0 Å². The highest BCUT2D eigenvalue weighted by Gasteiger charge is 2.04. The number of phenolic OH excluding ortho intramolecular Hbond substituents is 2. The Morgan fingerprint density at radius 3 is 1.69 bits per heavy atom. The third kappa shape index (κ3) is 10.8. The van der Waals surface area contributed by atoms with Gasteiger partial charge in [-0.1, -0.05) is 52.7 Å². The van der Waals surface area contributed by atoms with Crippen LogP contribution in [0.4, 0.5) is 0 Å². The first kappa shape index (κ1) is 24.8. The van der Waals surface area contributed by atoms with Crippen LogP contribution in [0, 0.1) is 6.92 Å². The maximum atomic E-state index is 9.73. The second-order valence-electron chi connectivity index (χ2n) is 8.53. The molecule has 0 aliphatic rings. The minimum absolute atomic E-state index is 0.0204. The van der Waals surface area contributed by atoms with E-state index in [9.17, 15) is 10.2 Å². The van der Waals surface area contributed by atoms with Crippen molar-refractivity contribution in [1.29, 1.82) is 0 Å². The highest BCUT2D eigenvalue weighted by atomic mass is 16.3. The topological polar surface area (TPSA) is 40.5 Å². The van der Waals surface area contributed by atoms with Crippen LogP contribution in [-0.4, -0.2) is 10.2 Å². The van der Waals surface area contributed by atoms with Crippen molar-refractivity contribution in [3.63, 3.8) is 0 Å². The van der Waals surface area contributed by atoms with Crippen molar-refractivity contribution >= 4 is 0 Å². The van der Waals surface area contributed by atoms with Crippen molar-refractivity contribution in [3.05, 3.63) is 69.9 Å². The Morgan fingerprint density at radius 2 is 1.21 bits per heavy atom. The monoisotopic (exact) mass is 396 g/mol. The Kier molecular flexibility index (Phi) is 11.2. The van der Waals surface area contributed by atoms with Crippen LogP contribution in [0.5, 0.6) is 11.5 Å². The van der Waals surface area contributed by atoms with E-state index in [1.807, 2.05) is 13.0 Å². The van der Waals surface area contributed by atoms with Gasteiger partial charge in [-0.25, -0.2) is 0 Å². The van der Waals surface area contributed by atoms with E-state index >= 15 is 0 Å². The van der Waals surface area contributed by atoms with Gasteiger partial charge in [0.15, 0.2) is 11.5 Å². The van der Waals surface area contributed by atoms with Gasteiger partial charge in [0.1, 0.15) is 0 Å². The smallest absolute Gasteiger partial charge is 0.160 e. The summed E-state index contributed by atoms with van der Waals surface area (Å²) in [5.74, 6) is -0.0566. The summed E-state index contributed by atoms with van der Waals surface area (Å²) >= 11 is 0. The molecule has 1 rings (SSSR count). The molecule has 0 saturated carbocycles. The number of hydrogen-bond acceptors (Lipinski definition) is 2. The highest BCUT2D eigenvalue weighted by molar-refractivity contribution is 5.47. The molecule has 0 fully saturated rings. The van der Waals surface area contributed by atoms with Crippen LogP contribution in [0.1, 0.15) is 84.3 Å². The first-order valence-corrected chi connectivity index (χ1v) is 10.8. The Morgan fingerprint density at radius 1 is 0.724 bits per heavy atom. The fraction of sp³-hybridized carbons (Fsp3) is 0.481. The van der Waals surface area contributed by atoms with Crippen molar-refractivity contribution in [1.82, 2.24) is 0 Å². The largest absolute Gasteiger partial charge is 0.504 e. The van der Waals surface area contributed by atoms with E-state index in [1.165, 1.54) is 22.3 Å². The minimum Gasteiger partial charge on any atom is -0.504 e. The predicted molar refractivity (Wildman–Crippen MR) is 127 cm³/mol. The summed E-state index contributed by atoms with van der Waals surface area (Å²) in [6, 6.07) is 3.57. The lowest BCUT2D eigenvalue weighted by molar-refractivity contribution is 0.400. The maximum absolute atomic E-state index is 9.73. The molecular formula is C27H40O2. The number of aryl methyl sites for hydroxylation is 1. The molecule has 0 unspecified atom stereocenters. The molecule has 0 radical (unpaired) electrons. The van der Waals surface area contributed by atoms with Gasteiger partial charge in [0, 0.05) is 0 Å². The molecule has 0 bridgehead atoms. The summed E-state index contributed by atoms with van der Waals surface area (Å²) in [5.41, 5.74) is 7.45. The standard InChI is InChI=1S/C27H40O2/c1-20(2)10-7-11-21(3)12-8-13-22(4)14-9-15-23(5)16-17-25-18-24(6)27(29)26(28)19-25/h10,12,14,16,18-19,28-29H,7-9,11,13,15,17H2,1-6H3. The van der Waals surface area contributed by atoms with E-state index in [0.717, 1.165) is 50.5 Å². The SMILES string of the molecule is CC(C)=CCCC(C)=CCCC(C)=CCCC(C)=CCc1cc(C)c(O)c(O)c1. The second kappa shape index (κ2) is 13.1. The van der Waals surface area contributed by atoms with Crippen molar-refractivity contribution in [2.24, 2.45) is 0 Å². The highest BCUT2D eigenvalue weighted by Crippen LogP contribution is 2.30. The normalized spacial score (nSPS) is 13.0. The molecule has 2 heteroatoms. The number of allylic oxidation sites excluding steroid dienone is 8. The minimum atomic E-state index is -0.0363. The molecule has 0 atom stereocenters. The van der Waals surface area contributed by atoms with E-state index in [-0.39, 0.29) is 11.5 Å². The third-order valence-corrected chi connectivity index (χ3v) is 5.18. The van der Waals surface area contributed by atoms with Crippen LogP contribution in [0.25, 0.3) is 0 Å². The first-order valence-electron chi connectivity index (χ1n) is 10.8. The number of phenols is 2. The molecule has 0 heterocycles. The van der Waals surface area contributed by atoms with Crippen LogP contribution in [-0.2, 0) is 6.42 Å². The van der Waals surface area contributed by atoms with Gasteiger partial charge >= 0.3 is 0 Å². The number of rotatable bonds is 11. The van der Waals surface area contributed by atoms with E-state index in [1.54, 1.807) is 6.07 Å². The number of benzene rings is 1. The van der Waals surface area contributed by atoms with E-state index in [4.69, 9.17) is 0 Å². The second-order valence-corrected chi connectivity index (χ2v) is 8.53. The Hall–Kier alpha value is -2.22. The van der Waals surface area contributed by atoms with Crippen LogP contribution in [0.15, 0.2) is 58.7 Å². The van der Waals surface area contributed by atoms with E-state index in [2.05, 4.69) is 58.9 Å². The van der Waals surface area contributed by atoms with Gasteiger partial charge in [-0.05, 0) is 104 Å². The molecule has 0 saturated heterocycles. The quantitative estimate of drug-likeness (QED) is 0.293. The van der Waals surface area contributed by atoms with E-state index in [0.29, 0.717) is 5.56 Å². The van der Waals surface area contributed by atoms with Gasteiger partial charge in [-0.15, -0.1) is 0 Å². The molecule has 0 aliphatic heterocycles. The Bertz CT molecular complexity index is 749. The van der Waals surface area contributed by atoms with Gasteiger partial charge in [0.2, 0.25) is 0 Å². The molecule has 2 N–H and O–H groups in total. The average molecular weight is 397 g/mol. The lowest BCUT2D eigenvalue weighted by Crippen LogP contribution is -1.87. The molecule has 1 aromatic carbocycles. The molecule has 0 aliphatic carbocycles. The molecule has 160 valence electrons. The fourth-order valence-corrected chi connectivity index (χ4v) is 3.23. The first-order chi connectivity index (χ1) is 13.7. The third-order valence-electron chi connectivity index (χ3n) is 5.18. The summed E-state index contributed by atoms with van der Waals surface area (Å²) in [7, 11) is 0. The summed E-state index contributed by atoms with van der Waals surface area (Å²) < 4.78 is 0. The molecular weight excluding hydrogens is 356 g/mol. The number of hydrogen-bond donors (Lipinski definition) is 2. The lowest BCUT2D eigenvalue weighted by atomic mass is 10.0. The van der Waals surface area contributed by atoms with Gasteiger partial charge in [-0.3, -0.25) is 0 Å². The molecule has 29 heavy (non-hydrogen) atoms. The van der Waals surface area contributed by atoms with Gasteiger partial charge < -0.3 is 10.2 Å². The van der Waals surface area contributed by atoms with E-state index < -0.39 is 0 Å². The number of aromatic hydroxyl groups is 2. The summed E-state index contributed by atoms with van der Waals surface area (Å²) in [5, 5.41) is 19.4. The van der Waals surface area contributed by atoms with Gasteiger partial charge in [-0.2, -0.15) is 0 Å². The van der Waals surface area contributed by atoms with Gasteiger partial charge in [0.25, 0.3) is 0 Å². The van der Waals surface area contributed by atoms with Crippen LogP contribution >= 0.6 is 0 Å². The summed E-state index contributed by atoms with van der Waals surface area (Å²) in [4.78, 5) is 0. The zero-order chi connectivity index (χ0) is 21.8. The van der Waals surface area contributed by atoms with Crippen LogP contribution in [0.3, 0.4) is 0 Å². The maximum Gasteiger partial charge on any atom is 0.160 e. The zero-order valence-electron chi connectivity index (χ0n) is 19.3. The van der Waals surface area contributed by atoms with Crippen molar-refractivity contribution < 1.29 is 10.2 Å². The zero-order valence-corrected chi connectivity index (χ0v) is 19.3. The summed E-state index contributed by atoms with van der Waals surface area (Å²) in [6.45, 7) is 12.7. The average Bonchev–Trinajstić information content (AvgIpc) is 2.64. The van der Waals surface area contributed by atoms with Gasteiger partial charge in [0.05, 0.1) is 0 Å². The van der Waals surface area contributed by atoms with Crippen LogP contribution in [0.2, 0.25) is 0 Å². The molecule has 0 aromatic heterocycles. The van der Waals surface area contributed by atoms with Crippen molar-refractivity contribution in [3.8, 4) is 11.5 Å². The summed E-state index contributed by atoms with van der Waals surface area (Å²) in [6.07, 6.45) is 16.7.